The van der Waals surface area contributed by atoms with Gasteiger partial charge >= 0.3 is 24.4 Å². The summed E-state index contributed by atoms with van der Waals surface area (Å²) in [6, 6.07) is 7.45. The zero-order chi connectivity index (χ0) is 26.3. The number of halogens is 6. The normalized spacial score (nSPS) is 18.3. The third-order valence-corrected chi connectivity index (χ3v) is 5.89. The van der Waals surface area contributed by atoms with Crippen molar-refractivity contribution >= 4 is 23.4 Å². The molecule has 196 valence electrons. The third-order valence-electron chi connectivity index (χ3n) is 5.89. The highest BCUT2D eigenvalue weighted by molar-refractivity contribution is 5.89. The number of nitrogens with one attached hydrogen (secondary N) is 4. The predicted octanol–water partition coefficient (Wildman–Crippen LogP) is 6.47. The molecule has 1 fully saturated rings. The van der Waals surface area contributed by atoms with Crippen molar-refractivity contribution < 1.29 is 35.9 Å². The summed E-state index contributed by atoms with van der Waals surface area (Å²) >= 11 is 0. The maximum atomic E-state index is 12.8. The Morgan fingerprint density at radius 3 is 1.53 bits per heavy atom. The summed E-state index contributed by atoms with van der Waals surface area (Å²) in [4.78, 5) is 24.3. The molecule has 4 N–H and O–H groups in total. The lowest BCUT2D eigenvalue weighted by Gasteiger charge is -2.29. The van der Waals surface area contributed by atoms with E-state index >= 15 is 0 Å². The Bertz CT molecular complexity index is 976. The quantitative estimate of drug-likeness (QED) is 0.332. The molecule has 0 heterocycles. The molecule has 36 heavy (non-hydrogen) atoms. The van der Waals surface area contributed by atoms with Crippen LogP contribution in [0.2, 0.25) is 0 Å². The monoisotopic (exact) mass is 516 g/mol. The van der Waals surface area contributed by atoms with Gasteiger partial charge in [0.2, 0.25) is 0 Å². The van der Waals surface area contributed by atoms with Gasteiger partial charge in [-0.1, -0.05) is 18.6 Å². The first-order valence-electron chi connectivity index (χ1n) is 11.3. The molecule has 0 aromatic heterocycles. The third kappa shape index (κ3) is 8.35. The van der Waals surface area contributed by atoms with Gasteiger partial charge in [0, 0.05) is 24.5 Å². The van der Waals surface area contributed by atoms with E-state index in [-0.39, 0.29) is 23.2 Å². The molecule has 1 aliphatic carbocycles. The summed E-state index contributed by atoms with van der Waals surface area (Å²) in [5.41, 5.74) is -1.67. The molecule has 0 spiro atoms. The molecule has 0 aliphatic heterocycles. The molecule has 0 bridgehead atoms. The van der Waals surface area contributed by atoms with Gasteiger partial charge in [0.25, 0.3) is 0 Å². The fourth-order valence-electron chi connectivity index (χ4n) is 4.14. The molecule has 12 heteroatoms. The highest BCUT2D eigenvalue weighted by Crippen LogP contribution is 2.32. The molecule has 1 saturated carbocycles. The van der Waals surface area contributed by atoms with Crippen molar-refractivity contribution in [3.8, 4) is 0 Å². The van der Waals surface area contributed by atoms with Crippen LogP contribution in [0.5, 0.6) is 0 Å². The van der Waals surface area contributed by atoms with Crippen LogP contribution in [0.15, 0.2) is 48.5 Å². The minimum absolute atomic E-state index is 0.0276. The smallest absolute Gasteiger partial charge is 0.338 e. The Kier molecular flexibility index (Phi) is 8.70. The van der Waals surface area contributed by atoms with Crippen LogP contribution in [0.3, 0.4) is 0 Å². The van der Waals surface area contributed by atoms with Crippen LogP contribution in [0, 0.1) is 11.8 Å². The van der Waals surface area contributed by atoms with Crippen LogP contribution >= 0.6 is 0 Å². The summed E-state index contributed by atoms with van der Waals surface area (Å²) < 4.78 is 76.9. The van der Waals surface area contributed by atoms with Gasteiger partial charge in [-0.15, -0.1) is 0 Å². The van der Waals surface area contributed by atoms with Crippen LogP contribution in [0.25, 0.3) is 0 Å². The molecule has 1 aliphatic rings. The predicted molar refractivity (Wildman–Crippen MR) is 122 cm³/mol. The van der Waals surface area contributed by atoms with E-state index < -0.39 is 35.5 Å². The number of hydrogen-bond acceptors (Lipinski definition) is 2. The first-order chi connectivity index (χ1) is 16.9. The number of rotatable bonds is 6. The summed E-state index contributed by atoms with van der Waals surface area (Å²) in [7, 11) is 0. The van der Waals surface area contributed by atoms with Crippen molar-refractivity contribution in [3.63, 3.8) is 0 Å². The second-order valence-corrected chi connectivity index (χ2v) is 8.73. The van der Waals surface area contributed by atoms with E-state index in [0.717, 1.165) is 43.5 Å². The average Bonchev–Trinajstić information content (AvgIpc) is 2.81. The number of urea groups is 2. The molecule has 4 amide bonds. The molecule has 0 unspecified atom stereocenters. The van der Waals surface area contributed by atoms with E-state index in [1.54, 1.807) is 0 Å². The van der Waals surface area contributed by atoms with E-state index in [0.29, 0.717) is 19.5 Å². The number of hydrogen-bond donors (Lipinski definition) is 4. The van der Waals surface area contributed by atoms with Gasteiger partial charge in [-0.2, -0.15) is 26.3 Å². The molecule has 6 nitrogen and oxygen atoms in total. The van der Waals surface area contributed by atoms with Gasteiger partial charge in [-0.05, 0) is 67.5 Å². The van der Waals surface area contributed by atoms with E-state index in [2.05, 4.69) is 21.3 Å². The lowest BCUT2D eigenvalue weighted by Crippen LogP contribution is -2.38. The molecular weight excluding hydrogens is 490 g/mol. The Morgan fingerprint density at radius 2 is 1.14 bits per heavy atom. The first kappa shape index (κ1) is 27.2. The van der Waals surface area contributed by atoms with Crippen molar-refractivity contribution in [2.75, 3.05) is 23.7 Å². The fraction of sp³-hybridized carbons (Fsp3) is 0.417. The lowest BCUT2D eigenvalue weighted by molar-refractivity contribution is -0.138. The second-order valence-electron chi connectivity index (χ2n) is 8.73. The largest absolute Gasteiger partial charge is 0.416 e. The van der Waals surface area contributed by atoms with Gasteiger partial charge < -0.3 is 21.3 Å². The number of benzene rings is 2. The number of amides is 4. The summed E-state index contributed by atoms with van der Waals surface area (Å²) in [6.45, 7) is 0.634. The SMILES string of the molecule is O=C(NC[C@H]1CCC[C@H](CNC(=O)Nc2cccc(C(F)(F)F)c2)C1)Nc1cccc(C(F)(F)F)c1. The van der Waals surface area contributed by atoms with Crippen LogP contribution in [-0.2, 0) is 12.4 Å². The molecule has 0 radical (unpaired) electrons. The zero-order valence-corrected chi connectivity index (χ0v) is 19.1. The number of anilines is 2. The van der Waals surface area contributed by atoms with Crippen molar-refractivity contribution in [1.29, 1.82) is 0 Å². The Hall–Kier alpha value is -3.44. The van der Waals surface area contributed by atoms with Crippen LogP contribution in [-0.4, -0.2) is 25.2 Å². The second kappa shape index (κ2) is 11.5. The fourth-order valence-corrected chi connectivity index (χ4v) is 4.14. The number of alkyl halides is 6. The van der Waals surface area contributed by atoms with Crippen molar-refractivity contribution in [2.45, 2.75) is 38.0 Å². The summed E-state index contributed by atoms with van der Waals surface area (Å²) in [5.74, 6) is 0.230. The van der Waals surface area contributed by atoms with Gasteiger partial charge in [-0.3, -0.25) is 0 Å². The van der Waals surface area contributed by atoms with E-state index in [4.69, 9.17) is 0 Å². The Labute approximate surface area is 203 Å². The van der Waals surface area contributed by atoms with Gasteiger partial charge in [0.1, 0.15) is 0 Å². The minimum atomic E-state index is -4.51. The number of carbonyl (C=O) groups excluding carboxylic acids is 2. The minimum Gasteiger partial charge on any atom is -0.338 e. The lowest BCUT2D eigenvalue weighted by atomic mass is 9.81. The van der Waals surface area contributed by atoms with Crippen LogP contribution in [0.1, 0.15) is 36.8 Å². The molecular formula is C24H26F6N4O2. The molecule has 2 aromatic rings. The maximum absolute atomic E-state index is 12.8. The van der Waals surface area contributed by atoms with Crippen LogP contribution in [0.4, 0.5) is 47.3 Å². The van der Waals surface area contributed by atoms with Crippen molar-refractivity contribution in [2.24, 2.45) is 11.8 Å². The van der Waals surface area contributed by atoms with Gasteiger partial charge in [0.05, 0.1) is 11.1 Å². The highest BCUT2D eigenvalue weighted by Gasteiger charge is 2.31. The van der Waals surface area contributed by atoms with E-state index in [9.17, 15) is 35.9 Å². The first-order valence-corrected chi connectivity index (χ1v) is 11.3. The maximum Gasteiger partial charge on any atom is 0.416 e. The van der Waals surface area contributed by atoms with E-state index in [1.807, 2.05) is 0 Å². The van der Waals surface area contributed by atoms with Crippen molar-refractivity contribution in [3.05, 3.63) is 59.7 Å². The molecule has 3 rings (SSSR count). The standard InChI is InChI=1S/C24H26F6N4O2/c25-23(26,27)17-6-2-8-19(11-17)33-21(35)31-13-15-4-1-5-16(10-15)14-32-22(36)34-20-9-3-7-18(12-20)24(28,29)30/h2-3,6-9,11-12,15-16H,1,4-5,10,13-14H2,(H2,31,33,35)(H2,32,34,36)/t15-,16-/m0/s1. The summed E-state index contributed by atoms with van der Waals surface area (Å²) in [6.07, 6.45) is -5.77. The Morgan fingerprint density at radius 1 is 0.722 bits per heavy atom. The van der Waals surface area contributed by atoms with Gasteiger partial charge in [0.15, 0.2) is 0 Å². The number of carbonyl (C=O) groups is 2. The van der Waals surface area contributed by atoms with Crippen LogP contribution < -0.4 is 21.3 Å². The molecule has 2 atom stereocenters. The van der Waals surface area contributed by atoms with Crippen molar-refractivity contribution in [1.82, 2.24) is 10.6 Å². The molecule has 0 saturated heterocycles. The van der Waals surface area contributed by atoms with Gasteiger partial charge in [-0.25, -0.2) is 9.59 Å². The average molecular weight is 516 g/mol. The molecule has 2 aromatic carbocycles. The zero-order valence-electron chi connectivity index (χ0n) is 19.1. The Balaban J connectivity index is 1.41. The highest BCUT2D eigenvalue weighted by atomic mass is 19.4. The topological polar surface area (TPSA) is 82.3 Å². The van der Waals surface area contributed by atoms with E-state index in [1.165, 1.54) is 24.3 Å². The summed E-state index contributed by atoms with van der Waals surface area (Å²) in [5, 5.41) is 10.1.